The van der Waals surface area contributed by atoms with Crippen LogP contribution in [0.2, 0.25) is 0 Å². The molecule has 0 bridgehead atoms. The molecule has 0 spiro atoms. The molecule has 92 valence electrons. The Morgan fingerprint density at radius 1 is 1.50 bits per heavy atom. The Kier molecular flexibility index (Phi) is 4.89. The van der Waals surface area contributed by atoms with E-state index in [0.717, 1.165) is 23.7 Å². The molecule has 0 aliphatic rings. The Hall–Kier alpha value is -0.450. The van der Waals surface area contributed by atoms with Crippen LogP contribution in [0.25, 0.3) is 0 Å². The van der Waals surface area contributed by atoms with Gasteiger partial charge in [0.2, 0.25) is 0 Å². The van der Waals surface area contributed by atoms with E-state index in [1.807, 2.05) is 5.38 Å². The maximum absolute atomic E-state index is 9.32. The number of thiazole rings is 1. The number of aliphatic hydroxyl groups is 1. The van der Waals surface area contributed by atoms with Gasteiger partial charge >= 0.3 is 0 Å². The standard InChI is InChI=1S/C12H22N2OS/c1-5-6-13-9(7-15)10-8-16-11(14-10)12(2,3)4/h8-9,13,15H,5-7H2,1-4H3. The topological polar surface area (TPSA) is 45.1 Å². The summed E-state index contributed by atoms with van der Waals surface area (Å²) < 4.78 is 0. The Balaban J connectivity index is 2.75. The average Bonchev–Trinajstić information content (AvgIpc) is 2.68. The minimum Gasteiger partial charge on any atom is -0.394 e. The van der Waals surface area contributed by atoms with Gasteiger partial charge in [0.05, 0.1) is 23.4 Å². The predicted octanol–water partition coefficient (Wildman–Crippen LogP) is 2.47. The number of hydrogen-bond acceptors (Lipinski definition) is 4. The fourth-order valence-electron chi connectivity index (χ4n) is 1.37. The molecule has 0 amide bonds. The van der Waals surface area contributed by atoms with Gasteiger partial charge in [-0.25, -0.2) is 4.98 Å². The molecule has 1 aromatic heterocycles. The molecule has 1 heterocycles. The molecule has 0 fully saturated rings. The number of aromatic nitrogens is 1. The molecule has 0 aliphatic carbocycles. The van der Waals surface area contributed by atoms with Gasteiger partial charge in [-0.2, -0.15) is 0 Å². The van der Waals surface area contributed by atoms with Crippen molar-refractivity contribution in [2.45, 2.75) is 45.6 Å². The van der Waals surface area contributed by atoms with Crippen LogP contribution >= 0.6 is 11.3 Å². The van der Waals surface area contributed by atoms with Crippen LogP contribution in [0, 0.1) is 0 Å². The van der Waals surface area contributed by atoms with Crippen molar-refractivity contribution >= 4 is 11.3 Å². The first-order valence-electron chi connectivity index (χ1n) is 5.79. The van der Waals surface area contributed by atoms with Gasteiger partial charge in [-0.15, -0.1) is 11.3 Å². The summed E-state index contributed by atoms with van der Waals surface area (Å²) >= 11 is 1.67. The molecule has 0 aromatic carbocycles. The minimum atomic E-state index is -0.0210. The highest BCUT2D eigenvalue weighted by atomic mass is 32.1. The van der Waals surface area contributed by atoms with Crippen LogP contribution in [0.15, 0.2) is 5.38 Å². The van der Waals surface area contributed by atoms with Crippen molar-refractivity contribution in [3.63, 3.8) is 0 Å². The van der Waals surface area contributed by atoms with E-state index in [0.29, 0.717) is 0 Å². The molecule has 1 atom stereocenters. The highest BCUT2D eigenvalue weighted by molar-refractivity contribution is 7.09. The quantitative estimate of drug-likeness (QED) is 0.834. The predicted molar refractivity (Wildman–Crippen MR) is 68.9 cm³/mol. The molecule has 0 aliphatic heterocycles. The molecular formula is C12H22N2OS. The third-order valence-corrected chi connectivity index (χ3v) is 3.63. The third kappa shape index (κ3) is 3.54. The van der Waals surface area contributed by atoms with E-state index in [-0.39, 0.29) is 18.1 Å². The van der Waals surface area contributed by atoms with Gasteiger partial charge in [-0.3, -0.25) is 0 Å². The number of hydrogen-bond donors (Lipinski definition) is 2. The van der Waals surface area contributed by atoms with Crippen molar-refractivity contribution in [2.75, 3.05) is 13.2 Å². The van der Waals surface area contributed by atoms with Crippen molar-refractivity contribution in [2.24, 2.45) is 0 Å². The largest absolute Gasteiger partial charge is 0.394 e. The monoisotopic (exact) mass is 242 g/mol. The van der Waals surface area contributed by atoms with Gasteiger partial charge in [-0.05, 0) is 13.0 Å². The highest BCUT2D eigenvalue weighted by Gasteiger charge is 2.20. The number of nitrogens with one attached hydrogen (secondary N) is 1. The molecule has 0 radical (unpaired) electrons. The smallest absolute Gasteiger partial charge is 0.0982 e. The van der Waals surface area contributed by atoms with Crippen LogP contribution in [-0.4, -0.2) is 23.2 Å². The number of rotatable bonds is 5. The molecule has 16 heavy (non-hydrogen) atoms. The maximum atomic E-state index is 9.32. The zero-order chi connectivity index (χ0) is 12.2. The van der Waals surface area contributed by atoms with Crippen molar-refractivity contribution in [3.8, 4) is 0 Å². The minimum absolute atomic E-state index is 0.0210. The summed E-state index contributed by atoms with van der Waals surface area (Å²) in [5, 5.41) is 15.8. The Morgan fingerprint density at radius 2 is 2.19 bits per heavy atom. The summed E-state index contributed by atoms with van der Waals surface area (Å²) in [5.41, 5.74) is 1.05. The van der Waals surface area contributed by atoms with Gasteiger partial charge in [0.15, 0.2) is 0 Å². The van der Waals surface area contributed by atoms with Crippen molar-refractivity contribution in [1.82, 2.24) is 10.3 Å². The summed E-state index contributed by atoms with van der Waals surface area (Å²) in [5.74, 6) is 0. The summed E-state index contributed by atoms with van der Waals surface area (Å²) in [6, 6.07) is -0.0210. The van der Waals surface area contributed by atoms with Crippen LogP contribution < -0.4 is 5.32 Å². The summed E-state index contributed by atoms with van der Waals surface area (Å²) in [6.45, 7) is 9.60. The van der Waals surface area contributed by atoms with E-state index in [2.05, 4.69) is 38.0 Å². The second-order valence-electron chi connectivity index (χ2n) is 5.02. The van der Waals surface area contributed by atoms with E-state index in [9.17, 15) is 5.11 Å². The summed E-state index contributed by atoms with van der Waals surface area (Å²) in [7, 11) is 0. The summed E-state index contributed by atoms with van der Waals surface area (Å²) in [6.07, 6.45) is 1.06. The van der Waals surface area contributed by atoms with Crippen LogP contribution in [0.3, 0.4) is 0 Å². The van der Waals surface area contributed by atoms with Gasteiger partial charge in [-0.1, -0.05) is 27.7 Å². The van der Waals surface area contributed by atoms with Crippen LogP contribution in [-0.2, 0) is 5.41 Å². The molecule has 1 unspecified atom stereocenters. The van der Waals surface area contributed by atoms with Crippen molar-refractivity contribution < 1.29 is 5.11 Å². The Morgan fingerprint density at radius 3 is 2.62 bits per heavy atom. The average molecular weight is 242 g/mol. The lowest BCUT2D eigenvalue weighted by atomic mass is 9.98. The summed E-state index contributed by atoms with van der Waals surface area (Å²) in [4.78, 5) is 4.60. The molecule has 4 heteroatoms. The molecular weight excluding hydrogens is 220 g/mol. The fourth-order valence-corrected chi connectivity index (χ4v) is 2.33. The van der Waals surface area contributed by atoms with Crippen LogP contribution in [0.1, 0.15) is 50.9 Å². The second kappa shape index (κ2) is 5.75. The fraction of sp³-hybridized carbons (Fsp3) is 0.750. The van der Waals surface area contributed by atoms with Gasteiger partial charge < -0.3 is 10.4 Å². The molecule has 0 saturated heterocycles. The molecule has 1 rings (SSSR count). The number of nitrogens with zero attached hydrogens (tertiary/aromatic N) is 1. The van der Waals surface area contributed by atoms with Gasteiger partial charge in [0, 0.05) is 10.8 Å². The lowest BCUT2D eigenvalue weighted by molar-refractivity contribution is 0.242. The maximum Gasteiger partial charge on any atom is 0.0982 e. The molecule has 0 saturated carbocycles. The highest BCUT2D eigenvalue weighted by Crippen LogP contribution is 2.27. The van der Waals surface area contributed by atoms with Gasteiger partial charge in [0.25, 0.3) is 0 Å². The molecule has 3 nitrogen and oxygen atoms in total. The van der Waals surface area contributed by atoms with Crippen molar-refractivity contribution in [1.29, 1.82) is 0 Å². The SMILES string of the molecule is CCCNC(CO)c1csc(C(C)(C)C)n1. The van der Waals surface area contributed by atoms with Crippen LogP contribution in [0.5, 0.6) is 0 Å². The van der Waals surface area contributed by atoms with E-state index in [4.69, 9.17) is 0 Å². The van der Waals surface area contributed by atoms with E-state index in [1.165, 1.54) is 0 Å². The second-order valence-corrected chi connectivity index (χ2v) is 5.87. The third-order valence-electron chi connectivity index (χ3n) is 2.34. The first-order valence-corrected chi connectivity index (χ1v) is 6.67. The van der Waals surface area contributed by atoms with Gasteiger partial charge in [0.1, 0.15) is 0 Å². The Labute approximate surface area is 102 Å². The lowest BCUT2D eigenvalue weighted by Gasteiger charge is -2.15. The molecule has 2 N–H and O–H groups in total. The Bertz CT molecular complexity index is 317. The first kappa shape index (κ1) is 13.6. The van der Waals surface area contributed by atoms with E-state index < -0.39 is 0 Å². The first-order chi connectivity index (χ1) is 7.49. The van der Waals surface area contributed by atoms with Crippen molar-refractivity contribution in [3.05, 3.63) is 16.1 Å². The number of aliphatic hydroxyl groups excluding tert-OH is 1. The normalized spacial score (nSPS) is 14.1. The zero-order valence-electron chi connectivity index (χ0n) is 10.6. The van der Waals surface area contributed by atoms with Crippen LogP contribution in [0.4, 0.5) is 0 Å². The van der Waals surface area contributed by atoms with E-state index >= 15 is 0 Å². The van der Waals surface area contributed by atoms with E-state index in [1.54, 1.807) is 11.3 Å². The zero-order valence-corrected chi connectivity index (χ0v) is 11.4. The lowest BCUT2D eigenvalue weighted by Crippen LogP contribution is -2.25. The molecule has 1 aromatic rings.